The van der Waals surface area contributed by atoms with Gasteiger partial charge in [-0.05, 0) is 32.9 Å². The second kappa shape index (κ2) is 13.2. The molecule has 224 valence electrons. The van der Waals surface area contributed by atoms with Gasteiger partial charge >= 0.3 is 12.1 Å². The number of ether oxygens (including phenoxy) is 3. The topological polar surface area (TPSA) is 156 Å². The van der Waals surface area contributed by atoms with Crippen molar-refractivity contribution in [2.75, 3.05) is 63.8 Å². The lowest BCUT2D eigenvalue weighted by atomic mass is 9.89. The Balaban J connectivity index is 1.40. The van der Waals surface area contributed by atoms with Crippen LogP contribution in [0.25, 0.3) is 0 Å². The number of carbonyl (C=O) groups is 2. The summed E-state index contributed by atoms with van der Waals surface area (Å²) >= 11 is 0. The summed E-state index contributed by atoms with van der Waals surface area (Å²) in [4.78, 5) is 44.5. The molecule has 3 N–H and O–H groups in total. The molecule has 14 nitrogen and oxygen atoms in total. The minimum absolute atomic E-state index is 0.0388. The minimum Gasteiger partial charge on any atom is -0.477 e. The molecule has 16 heteroatoms. The fraction of sp³-hybridized carbons (Fsp3) is 0.600. The summed E-state index contributed by atoms with van der Waals surface area (Å²) in [7, 11) is 2.85. The van der Waals surface area contributed by atoms with Crippen molar-refractivity contribution in [3.05, 3.63) is 24.7 Å². The molecule has 0 bridgehead atoms. The van der Waals surface area contributed by atoms with E-state index >= 15 is 0 Å². The second-order valence-electron chi connectivity index (χ2n) is 9.86. The molecule has 0 spiro atoms. The summed E-state index contributed by atoms with van der Waals surface area (Å²) in [5.41, 5.74) is -0.569. The van der Waals surface area contributed by atoms with Crippen LogP contribution in [0.3, 0.4) is 0 Å². The lowest BCUT2D eigenvalue weighted by Gasteiger charge is -2.42. The Labute approximate surface area is 236 Å². The molecule has 2 aromatic heterocycles. The predicted octanol–water partition coefficient (Wildman–Crippen LogP) is 1.90. The summed E-state index contributed by atoms with van der Waals surface area (Å²) < 4.78 is 45.9. The van der Waals surface area contributed by atoms with Gasteiger partial charge in [0.1, 0.15) is 6.04 Å². The number of hydrogen-bond donors (Lipinski definition) is 3. The first-order chi connectivity index (χ1) is 19.6. The highest BCUT2D eigenvalue weighted by atomic mass is 19.3. The number of alkyl halides is 2. The fourth-order valence-electron chi connectivity index (χ4n) is 4.78. The largest absolute Gasteiger partial charge is 0.477 e. The fourth-order valence-corrected chi connectivity index (χ4v) is 4.78. The number of methoxy groups -OCH3 is 1. The van der Waals surface area contributed by atoms with Crippen molar-refractivity contribution in [3.63, 3.8) is 0 Å². The molecule has 2 saturated heterocycles. The van der Waals surface area contributed by atoms with Crippen LogP contribution in [0, 0.1) is 0 Å². The van der Waals surface area contributed by atoms with Crippen molar-refractivity contribution in [3.8, 4) is 11.8 Å². The Morgan fingerprint density at radius 1 is 1.17 bits per heavy atom. The smallest absolute Gasteiger partial charge is 0.414 e. The molecular formula is C25H35F2N9O5. The quantitative estimate of drug-likeness (QED) is 0.399. The molecule has 2 fully saturated rings. The van der Waals surface area contributed by atoms with Crippen molar-refractivity contribution >= 4 is 23.9 Å². The van der Waals surface area contributed by atoms with Crippen LogP contribution < -0.4 is 30.3 Å². The number of amides is 3. The molecule has 1 atom stereocenters. The van der Waals surface area contributed by atoms with Crippen LogP contribution in [0.1, 0.15) is 26.2 Å². The van der Waals surface area contributed by atoms with E-state index in [1.54, 1.807) is 14.0 Å². The number of aromatic nitrogens is 4. The first kappa shape index (κ1) is 30.0. The molecule has 4 heterocycles. The number of rotatable bonds is 9. The van der Waals surface area contributed by atoms with Crippen molar-refractivity contribution in [2.45, 2.75) is 43.7 Å². The molecule has 2 aromatic rings. The summed E-state index contributed by atoms with van der Waals surface area (Å²) in [5, 5.41) is 8.60. The van der Waals surface area contributed by atoms with Crippen LogP contribution in [0.4, 0.5) is 30.1 Å². The van der Waals surface area contributed by atoms with Gasteiger partial charge in [-0.15, -0.1) is 0 Å². The van der Waals surface area contributed by atoms with Crippen LogP contribution in [-0.2, 0) is 4.74 Å². The molecule has 0 radical (unpaired) electrons. The summed E-state index contributed by atoms with van der Waals surface area (Å²) in [6, 6.07) is -0.883. The first-order valence-electron chi connectivity index (χ1n) is 13.3. The van der Waals surface area contributed by atoms with Crippen molar-refractivity contribution in [1.82, 2.24) is 35.5 Å². The van der Waals surface area contributed by atoms with Gasteiger partial charge in [-0.3, -0.25) is 5.32 Å². The lowest BCUT2D eigenvalue weighted by Crippen LogP contribution is -2.60. The Kier molecular flexibility index (Phi) is 9.65. The van der Waals surface area contributed by atoms with Crippen molar-refractivity contribution < 1.29 is 32.6 Å². The maximum atomic E-state index is 15.0. The summed E-state index contributed by atoms with van der Waals surface area (Å²) in [5.74, 6) is -2.76. The third-order valence-electron chi connectivity index (χ3n) is 6.99. The average molecular weight is 580 g/mol. The van der Waals surface area contributed by atoms with Crippen LogP contribution >= 0.6 is 0 Å². The van der Waals surface area contributed by atoms with Gasteiger partial charge < -0.3 is 34.6 Å². The maximum Gasteiger partial charge on any atom is 0.414 e. The zero-order valence-corrected chi connectivity index (χ0v) is 23.2. The van der Waals surface area contributed by atoms with Gasteiger partial charge in [-0.2, -0.15) is 4.98 Å². The number of urea groups is 1. The monoisotopic (exact) mass is 579 g/mol. The number of nitrogens with zero attached hydrogens (tertiary/aromatic N) is 6. The van der Waals surface area contributed by atoms with E-state index in [4.69, 9.17) is 14.2 Å². The highest BCUT2D eigenvalue weighted by molar-refractivity contribution is 5.88. The summed E-state index contributed by atoms with van der Waals surface area (Å²) in [6.07, 6.45) is 4.07. The average Bonchev–Trinajstić information content (AvgIpc) is 2.94. The van der Waals surface area contributed by atoms with E-state index in [1.165, 1.54) is 36.6 Å². The van der Waals surface area contributed by atoms with Crippen LogP contribution in [0.5, 0.6) is 11.8 Å². The third kappa shape index (κ3) is 7.64. The number of halogens is 2. The number of hydrogen-bond acceptors (Lipinski definition) is 11. The third-order valence-corrected chi connectivity index (χ3v) is 6.99. The van der Waals surface area contributed by atoms with Gasteiger partial charge in [0.25, 0.3) is 5.92 Å². The Bertz CT molecular complexity index is 1180. The van der Waals surface area contributed by atoms with Gasteiger partial charge in [0.15, 0.2) is 5.82 Å². The van der Waals surface area contributed by atoms with E-state index in [2.05, 4.69) is 35.9 Å². The number of anilines is 2. The summed E-state index contributed by atoms with van der Waals surface area (Å²) in [6.45, 7) is 3.64. The number of likely N-dealkylation sites (N-methyl/N-ethyl adjacent to an activating group) is 1. The molecule has 0 saturated carbocycles. The molecular weight excluding hydrogens is 544 g/mol. The number of nitrogens with one attached hydrogen (secondary N) is 3. The van der Waals surface area contributed by atoms with E-state index in [-0.39, 0.29) is 36.6 Å². The Morgan fingerprint density at radius 3 is 2.63 bits per heavy atom. The number of carbonyl (C=O) groups excluding carboxylic acids is 2. The normalized spacial score (nSPS) is 19.6. The van der Waals surface area contributed by atoms with E-state index in [0.717, 1.165) is 18.0 Å². The molecule has 3 amide bonds. The van der Waals surface area contributed by atoms with Crippen LogP contribution in [-0.4, -0.2) is 108 Å². The molecule has 0 aromatic carbocycles. The van der Waals surface area contributed by atoms with Crippen molar-refractivity contribution in [1.29, 1.82) is 0 Å². The molecule has 0 aliphatic carbocycles. The molecule has 2 aliphatic rings. The SMILES string of the molecule is CCOc1cnc(NC(=O)N(C)[C@H]2CN(c3nccc(OC(=O)NC4(COC)CCNCC4)n3)CCC2(F)F)cn1. The van der Waals surface area contributed by atoms with Crippen LogP contribution in [0.15, 0.2) is 24.7 Å². The van der Waals surface area contributed by atoms with E-state index in [9.17, 15) is 18.4 Å². The van der Waals surface area contributed by atoms with Gasteiger partial charge in [-0.25, -0.2) is 33.3 Å². The van der Waals surface area contributed by atoms with Crippen LogP contribution in [0.2, 0.25) is 0 Å². The van der Waals surface area contributed by atoms with Gasteiger partial charge in [0.2, 0.25) is 17.7 Å². The molecule has 41 heavy (non-hydrogen) atoms. The highest BCUT2D eigenvalue weighted by Gasteiger charge is 2.48. The lowest BCUT2D eigenvalue weighted by molar-refractivity contribution is -0.0760. The van der Waals surface area contributed by atoms with Gasteiger partial charge in [-0.1, -0.05) is 0 Å². The molecule has 0 unspecified atom stereocenters. The first-order valence-corrected chi connectivity index (χ1v) is 13.3. The zero-order valence-electron chi connectivity index (χ0n) is 23.2. The number of piperidine rings is 2. The maximum absolute atomic E-state index is 15.0. The van der Waals surface area contributed by atoms with E-state index < -0.39 is 36.0 Å². The van der Waals surface area contributed by atoms with Crippen molar-refractivity contribution in [2.24, 2.45) is 0 Å². The molecule has 2 aliphatic heterocycles. The zero-order chi connectivity index (χ0) is 29.5. The van der Waals surface area contributed by atoms with E-state index in [0.29, 0.717) is 26.1 Å². The predicted molar refractivity (Wildman–Crippen MR) is 143 cm³/mol. The van der Waals surface area contributed by atoms with Gasteiger partial charge in [0.05, 0.1) is 31.1 Å². The Morgan fingerprint density at radius 2 is 1.95 bits per heavy atom. The van der Waals surface area contributed by atoms with Gasteiger partial charge in [0, 0.05) is 45.9 Å². The van der Waals surface area contributed by atoms with E-state index in [1.807, 2.05) is 0 Å². The standard InChI is InChI=1S/C25H35F2N9O5/c1-4-40-20-14-30-18(13-31-20)32-22(37)35(2)17-15-36(12-8-25(17,26)27)21-29-9-5-19(33-21)41-23(38)34-24(16-39-3)6-10-28-11-7-24/h5,9,13-14,17,28H,4,6-8,10-12,15-16H2,1-3H3,(H,34,38)(H,30,32,37)/t17-/m0/s1. The highest BCUT2D eigenvalue weighted by Crippen LogP contribution is 2.33. The Hall–Kier alpha value is -3.92. The second-order valence-corrected chi connectivity index (χ2v) is 9.86. The minimum atomic E-state index is -3.17. The molecule has 4 rings (SSSR count).